The number of para-hydroxylation sites is 1. The van der Waals surface area contributed by atoms with E-state index in [0.717, 1.165) is 31.4 Å². The minimum absolute atomic E-state index is 0.0537. The molecule has 0 N–H and O–H groups in total. The maximum absolute atomic E-state index is 15.0. The second-order valence-corrected chi connectivity index (χ2v) is 10.1. The van der Waals surface area contributed by atoms with Crippen LogP contribution in [0.4, 0.5) is 10.1 Å². The number of fused-ring (bicyclic) bond motifs is 1. The molecule has 1 atom stereocenters. The normalized spacial score (nSPS) is 22.6. The van der Waals surface area contributed by atoms with E-state index in [-0.39, 0.29) is 29.1 Å². The average molecular weight is 477 g/mol. The summed E-state index contributed by atoms with van der Waals surface area (Å²) in [6.45, 7) is 3.40. The van der Waals surface area contributed by atoms with Crippen LogP contribution in [0.3, 0.4) is 0 Å². The van der Waals surface area contributed by atoms with E-state index in [9.17, 15) is 9.59 Å². The number of anilines is 1. The lowest BCUT2D eigenvalue weighted by Crippen LogP contribution is -2.40. The molecule has 1 saturated heterocycles. The number of hydrogen-bond acceptors (Lipinski definition) is 3. The lowest BCUT2D eigenvalue weighted by atomic mass is 9.72. The Kier molecular flexibility index (Phi) is 6.63. The summed E-state index contributed by atoms with van der Waals surface area (Å²) < 4.78 is 20.9. The van der Waals surface area contributed by atoms with Crippen LogP contribution < -0.4 is 9.64 Å². The molecule has 0 aromatic heterocycles. The van der Waals surface area contributed by atoms with Crippen molar-refractivity contribution in [2.45, 2.75) is 58.0 Å². The summed E-state index contributed by atoms with van der Waals surface area (Å²) in [5.74, 6) is -0.502. The second-order valence-electron chi connectivity index (χ2n) is 10.1. The van der Waals surface area contributed by atoms with Crippen LogP contribution in [0.2, 0.25) is 0 Å². The van der Waals surface area contributed by atoms with Gasteiger partial charge in [-0.2, -0.15) is 0 Å². The fraction of sp³-hybridized carbons (Fsp3) is 0.448. The van der Waals surface area contributed by atoms with E-state index in [4.69, 9.17) is 4.74 Å². The largest absolute Gasteiger partial charge is 0.487 e. The minimum Gasteiger partial charge on any atom is -0.487 e. The molecular weight excluding hydrogens is 443 g/mol. The van der Waals surface area contributed by atoms with Crippen LogP contribution >= 0.6 is 0 Å². The molecular formula is C29H33FN2O3. The molecule has 1 aliphatic carbocycles. The third-order valence-corrected chi connectivity index (χ3v) is 7.78. The Balaban J connectivity index is 1.33. The average Bonchev–Trinajstić information content (AvgIpc) is 3.02. The molecule has 2 aliphatic heterocycles. The monoisotopic (exact) mass is 476 g/mol. The molecule has 1 spiro atoms. The van der Waals surface area contributed by atoms with Crippen molar-refractivity contribution in [3.8, 4) is 5.75 Å². The number of amides is 2. The number of benzene rings is 2. The molecule has 1 unspecified atom stereocenters. The Morgan fingerprint density at radius 1 is 1.06 bits per heavy atom. The first-order valence-electron chi connectivity index (χ1n) is 12.7. The van der Waals surface area contributed by atoms with E-state index in [1.807, 2.05) is 23.1 Å². The Morgan fingerprint density at radius 2 is 1.86 bits per heavy atom. The van der Waals surface area contributed by atoms with Crippen LogP contribution in [0.1, 0.15) is 61.4 Å². The molecule has 0 saturated carbocycles. The van der Waals surface area contributed by atoms with Gasteiger partial charge < -0.3 is 14.5 Å². The van der Waals surface area contributed by atoms with Crippen molar-refractivity contribution in [2.75, 3.05) is 24.5 Å². The van der Waals surface area contributed by atoms with E-state index < -0.39 is 5.82 Å². The van der Waals surface area contributed by atoms with Crippen molar-refractivity contribution in [2.24, 2.45) is 5.41 Å². The van der Waals surface area contributed by atoms with Gasteiger partial charge in [0, 0.05) is 50.7 Å². The molecule has 2 heterocycles. The van der Waals surface area contributed by atoms with Crippen LogP contribution in [0, 0.1) is 11.2 Å². The van der Waals surface area contributed by atoms with Crippen LogP contribution in [-0.4, -0.2) is 42.5 Å². The number of nitrogens with zero attached hydrogens (tertiary/aromatic N) is 2. The summed E-state index contributed by atoms with van der Waals surface area (Å²) in [7, 11) is 0. The maximum atomic E-state index is 15.0. The first-order chi connectivity index (χ1) is 16.9. The minimum atomic E-state index is -0.528. The SMILES string of the molecule is CC(=O)N1CCC(Oc2ccc(C(=O)N3CCC4(C=CCCC4)Cc4ccccc43)cc2F)CC1. The number of hydrogen-bond donors (Lipinski definition) is 0. The summed E-state index contributed by atoms with van der Waals surface area (Å²) in [5.41, 5.74) is 2.50. The molecule has 6 heteroatoms. The fourth-order valence-electron chi connectivity index (χ4n) is 5.75. The summed E-state index contributed by atoms with van der Waals surface area (Å²) in [6, 6.07) is 12.6. The highest BCUT2D eigenvalue weighted by Crippen LogP contribution is 2.43. The quantitative estimate of drug-likeness (QED) is 0.547. The zero-order valence-corrected chi connectivity index (χ0v) is 20.3. The smallest absolute Gasteiger partial charge is 0.258 e. The van der Waals surface area contributed by atoms with Gasteiger partial charge in [-0.3, -0.25) is 9.59 Å². The van der Waals surface area contributed by atoms with Crippen molar-refractivity contribution in [1.82, 2.24) is 4.90 Å². The number of rotatable bonds is 3. The van der Waals surface area contributed by atoms with Gasteiger partial charge in [-0.1, -0.05) is 30.4 Å². The third-order valence-electron chi connectivity index (χ3n) is 7.78. The van der Waals surface area contributed by atoms with E-state index >= 15 is 4.39 Å². The highest BCUT2D eigenvalue weighted by Gasteiger charge is 2.35. The molecule has 5 nitrogen and oxygen atoms in total. The van der Waals surface area contributed by atoms with Gasteiger partial charge in [-0.15, -0.1) is 0 Å². The Hall–Kier alpha value is -3.15. The summed E-state index contributed by atoms with van der Waals surface area (Å²) >= 11 is 0. The lowest BCUT2D eigenvalue weighted by Gasteiger charge is -2.32. The van der Waals surface area contributed by atoms with Crippen LogP contribution in [0.15, 0.2) is 54.6 Å². The fourth-order valence-corrected chi connectivity index (χ4v) is 5.75. The molecule has 0 radical (unpaired) electrons. The number of halogens is 1. The lowest BCUT2D eigenvalue weighted by molar-refractivity contribution is -0.130. The maximum Gasteiger partial charge on any atom is 0.258 e. The molecule has 2 aromatic carbocycles. The Bertz CT molecular complexity index is 1140. The van der Waals surface area contributed by atoms with Crippen molar-refractivity contribution < 1.29 is 18.7 Å². The number of carbonyl (C=O) groups excluding carboxylic acids is 2. The summed E-state index contributed by atoms with van der Waals surface area (Å²) in [6.07, 6.45) is 11.1. The Morgan fingerprint density at radius 3 is 2.57 bits per heavy atom. The van der Waals surface area contributed by atoms with Crippen molar-refractivity contribution in [3.63, 3.8) is 0 Å². The topological polar surface area (TPSA) is 49.9 Å². The van der Waals surface area contributed by atoms with Crippen LogP contribution in [-0.2, 0) is 11.2 Å². The molecule has 2 amide bonds. The van der Waals surface area contributed by atoms with Crippen molar-refractivity contribution in [1.29, 1.82) is 0 Å². The molecule has 1 fully saturated rings. The van der Waals surface area contributed by atoms with Crippen LogP contribution in [0.5, 0.6) is 5.75 Å². The molecule has 5 rings (SSSR count). The highest BCUT2D eigenvalue weighted by atomic mass is 19.1. The third kappa shape index (κ3) is 4.97. The number of ether oxygens (including phenoxy) is 1. The molecule has 35 heavy (non-hydrogen) atoms. The van der Waals surface area contributed by atoms with E-state index in [0.29, 0.717) is 38.0 Å². The molecule has 3 aliphatic rings. The Labute approximate surface area is 206 Å². The second kappa shape index (κ2) is 9.84. The van der Waals surface area contributed by atoms with Gasteiger partial charge in [0.15, 0.2) is 11.6 Å². The molecule has 0 bridgehead atoms. The van der Waals surface area contributed by atoms with Gasteiger partial charge in [-0.25, -0.2) is 4.39 Å². The van der Waals surface area contributed by atoms with E-state index in [1.165, 1.54) is 18.1 Å². The highest BCUT2D eigenvalue weighted by molar-refractivity contribution is 6.06. The zero-order chi connectivity index (χ0) is 24.4. The number of likely N-dealkylation sites (tertiary alicyclic amines) is 1. The molecule has 2 aromatic rings. The van der Waals surface area contributed by atoms with Gasteiger partial charge in [0.05, 0.1) is 0 Å². The van der Waals surface area contributed by atoms with Gasteiger partial charge in [0.25, 0.3) is 5.91 Å². The predicted molar refractivity (Wildman–Crippen MR) is 134 cm³/mol. The summed E-state index contributed by atoms with van der Waals surface area (Å²) in [4.78, 5) is 28.7. The van der Waals surface area contributed by atoms with Gasteiger partial charge >= 0.3 is 0 Å². The van der Waals surface area contributed by atoms with Crippen molar-refractivity contribution >= 4 is 17.5 Å². The predicted octanol–water partition coefficient (Wildman–Crippen LogP) is 5.53. The number of carbonyl (C=O) groups is 2. The van der Waals surface area contributed by atoms with E-state index in [1.54, 1.807) is 24.0 Å². The summed E-state index contributed by atoms with van der Waals surface area (Å²) in [5, 5.41) is 0. The van der Waals surface area contributed by atoms with Gasteiger partial charge in [0.2, 0.25) is 5.91 Å². The zero-order valence-electron chi connectivity index (χ0n) is 20.3. The van der Waals surface area contributed by atoms with Gasteiger partial charge in [0.1, 0.15) is 6.10 Å². The van der Waals surface area contributed by atoms with Gasteiger partial charge in [-0.05, 0) is 67.3 Å². The van der Waals surface area contributed by atoms with Crippen molar-refractivity contribution in [3.05, 3.63) is 71.6 Å². The van der Waals surface area contributed by atoms with E-state index in [2.05, 4.69) is 18.2 Å². The number of piperidine rings is 1. The first kappa shape index (κ1) is 23.6. The first-order valence-corrected chi connectivity index (χ1v) is 12.7. The van der Waals surface area contributed by atoms with Crippen LogP contribution in [0.25, 0.3) is 0 Å². The standard InChI is InChI=1S/C29H33FN2O3/c1-21(33)31-16-11-24(12-17-31)35-27-10-9-22(19-25(27)30)28(34)32-18-15-29(13-5-2-6-14-29)20-23-7-3-4-8-26(23)32/h3-5,7-10,13,19,24H,2,6,11-12,14-18,20H2,1H3. The number of allylic oxidation sites excluding steroid dienone is 2. The molecule has 184 valence electrons.